The first-order valence-electron chi connectivity index (χ1n) is 9.02. The number of nitrogens with one attached hydrogen (secondary N) is 3. The molecule has 1 amide bonds. The molecule has 0 saturated carbocycles. The van der Waals surface area contributed by atoms with Gasteiger partial charge in [0.25, 0.3) is 5.91 Å². The predicted molar refractivity (Wildman–Crippen MR) is 111 cm³/mol. The van der Waals surface area contributed by atoms with E-state index < -0.39 is 11.3 Å². The van der Waals surface area contributed by atoms with Crippen molar-refractivity contribution in [2.24, 2.45) is 0 Å². The summed E-state index contributed by atoms with van der Waals surface area (Å²) in [6, 6.07) is 10.3. The molecule has 0 aliphatic rings. The highest BCUT2D eigenvalue weighted by Crippen LogP contribution is 2.31. The van der Waals surface area contributed by atoms with Crippen molar-refractivity contribution >= 4 is 33.4 Å². The predicted octanol–water partition coefficient (Wildman–Crippen LogP) is 4.26. The molecule has 0 atom stereocenters. The molecule has 2 heterocycles. The van der Waals surface area contributed by atoms with Crippen molar-refractivity contribution in [3.05, 3.63) is 70.1 Å². The van der Waals surface area contributed by atoms with Gasteiger partial charge in [0.1, 0.15) is 11.3 Å². The number of aromatic amines is 2. The monoisotopic (exact) mass is 375 g/mol. The number of hydrogen-bond acceptors (Lipinski definition) is 3. The highest BCUT2D eigenvalue weighted by molar-refractivity contribution is 6.06. The van der Waals surface area contributed by atoms with Crippen molar-refractivity contribution in [2.75, 3.05) is 5.32 Å². The lowest BCUT2D eigenvalue weighted by Crippen LogP contribution is -2.22. The van der Waals surface area contributed by atoms with E-state index >= 15 is 0 Å². The molecule has 142 valence electrons. The van der Waals surface area contributed by atoms with E-state index in [1.807, 2.05) is 24.4 Å². The largest absolute Gasteiger partial charge is 0.507 e. The van der Waals surface area contributed by atoms with E-state index in [0.29, 0.717) is 11.2 Å². The van der Waals surface area contributed by atoms with Crippen LogP contribution >= 0.6 is 0 Å². The molecule has 0 unspecified atom stereocenters. The third-order valence-electron chi connectivity index (χ3n) is 4.88. The summed E-state index contributed by atoms with van der Waals surface area (Å²) in [5.41, 5.74) is 2.59. The second kappa shape index (κ2) is 6.27. The summed E-state index contributed by atoms with van der Waals surface area (Å²) in [5, 5.41) is 13.9. The Balaban J connectivity index is 1.69. The maximum atomic E-state index is 12.7. The molecule has 0 bridgehead atoms. The van der Waals surface area contributed by atoms with Crippen LogP contribution in [-0.2, 0) is 5.41 Å². The van der Waals surface area contributed by atoms with Crippen LogP contribution in [0.4, 0.5) is 5.69 Å². The van der Waals surface area contributed by atoms with Gasteiger partial charge in [0.05, 0.1) is 10.9 Å². The lowest BCUT2D eigenvalue weighted by atomic mass is 9.87. The zero-order chi connectivity index (χ0) is 20.1. The first kappa shape index (κ1) is 17.9. The molecule has 0 aliphatic heterocycles. The summed E-state index contributed by atoms with van der Waals surface area (Å²) >= 11 is 0. The van der Waals surface area contributed by atoms with E-state index in [4.69, 9.17) is 0 Å². The van der Waals surface area contributed by atoms with Gasteiger partial charge < -0.3 is 20.4 Å². The van der Waals surface area contributed by atoms with Crippen molar-refractivity contribution in [3.63, 3.8) is 0 Å². The maximum absolute atomic E-state index is 12.7. The number of aromatic hydroxyl groups is 1. The number of pyridine rings is 1. The van der Waals surface area contributed by atoms with Crippen LogP contribution in [0.25, 0.3) is 21.8 Å². The Morgan fingerprint density at radius 1 is 1.04 bits per heavy atom. The summed E-state index contributed by atoms with van der Waals surface area (Å²) in [6.07, 6.45) is 3.34. The van der Waals surface area contributed by atoms with Crippen LogP contribution in [-0.4, -0.2) is 21.0 Å². The fraction of sp³-hybridized carbons (Fsp3) is 0.182. The van der Waals surface area contributed by atoms with Crippen molar-refractivity contribution in [3.8, 4) is 5.75 Å². The van der Waals surface area contributed by atoms with Crippen LogP contribution in [0.5, 0.6) is 5.75 Å². The van der Waals surface area contributed by atoms with E-state index in [-0.39, 0.29) is 22.1 Å². The van der Waals surface area contributed by atoms with Crippen LogP contribution in [0.1, 0.15) is 36.7 Å². The van der Waals surface area contributed by atoms with E-state index in [9.17, 15) is 14.7 Å². The molecule has 2 aromatic heterocycles. The topological polar surface area (TPSA) is 98.0 Å². The third-order valence-corrected chi connectivity index (χ3v) is 4.88. The lowest BCUT2D eigenvalue weighted by Gasteiger charge is -2.17. The lowest BCUT2D eigenvalue weighted by molar-refractivity contribution is 0.102. The average Bonchev–Trinajstić information content (AvgIpc) is 3.05. The van der Waals surface area contributed by atoms with Gasteiger partial charge in [-0.15, -0.1) is 0 Å². The molecule has 0 radical (unpaired) electrons. The van der Waals surface area contributed by atoms with Crippen LogP contribution < -0.4 is 10.7 Å². The summed E-state index contributed by atoms with van der Waals surface area (Å²) in [4.78, 5) is 31.5. The van der Waals surface area contributed by atoms with Crippen molar-refractivity contribution in [2.45, 2.75) is 26.2 Å². The van der Waals surface area contributed by atoms with Crippen molar-refractivity contribution in [1.82, 2.24) is 9.97 Å². The number of rotatable bonds is 2. The highest BCUT2D eigenvalue weighted by atomic mass is 16.3. The third kappa shape index (κ3) is 2.93. The number of carbonyl (C=O) groups excluding carboxylic acids is 1. The number of hydrogen-bond donors (Lipinski definition) is 4. The fourth-order valence-electron chi connectivity index (χ4n) is 3.44. The Morgan fingerprint density at radius 3 is 2.54 bits per heavy atom. The summed E-state index contributed by atoms with van der Waals surface area (Å²) in [5.74, 6) is -0.690. The molecule has 2 aromatic carbocycles. The first-order valence-corrected chi connectivity index (χ1v) is 9.02. The van der Waals surface area contributed by atoms with Crippen LogP contribution in [0, 0.1) is 0 Å². The second-order valence-corrected chi connectivity index (χ2v) is 7.90. The number of fused-ring (bicyclic) bond motifs is 2. The molecule has 0 spiro atoms. The molecule has 4 rings (SSSR count). The number of benzene rings is 2. The number of aromatic nitrogens is 2. The molecule has 6 heteroatoms. The van der Waals surface area contributed by atoms with Crippen LogP contribution in [0.3, 0.4) is 0 Å². The number of anilines is 1. The minimum Gasteiger partial charge on any atom is -0.507 e. The number of phenols is 1. The molecule has 4 N–H and O–H groups in total. The molecule has 28 heavy (non-hydrogen) atoms. The van der Waals surface area contributed by atoms with Gasteiger partial charge in [0, 0.05) is 29.0 Å². The van der Waals surface area contributed by atoms with E-state index in [2.05, 4.69) is 36.1 Å². The number of carbonyl (C=O) groups is 1. The minimum atomic E-state index is -0.534. The van der Waals surface area contributed by atoms with Gasteiger partial charge in [-0.05, 0) is 35.2 Å². The summed E-state index contributed by atoms with van der Waals surface area (Å²) in [6.45, 7) is 6.44. The Kier molecular flexibility index (Phi) is 4.00. The Bertz CT molecular complexity index is 1280. The standard InChI is InChI=1S/C22H21N3O3/c1-22(2,3)15-11-24-17-9-12(7-8-13(15)17)25-21(28)14-10-23-16-5-4-6-18(26)19(16)20(14)27/h4-11,24,26H,1-3H3,(H,23,27)(H,25,28). The van der Waals surface area contributed by atoms with Gasteiger partial charge >= 0.3 is 0 Å². The number of amides is 1. The second-order valence-electron chi connectivity index (χ2n) is 7.90. The smallest absolute Gasteiger partial charge is 0.261 e. The van der Waals surface area contributed by atoms with Gasteiger partial charge in [-0.25, -0.2) is 0 Å². The van der Waals surface area contributed by atoms with Crippen molar-refractivity contribution < 1.29 is 9.90 Å². The Labute approximate surface area is 161 Å². The van der Waals surface area contributed by atoms with Gasteiger partial charge in [-0.3, -0.25) is 9.59 Å². The van der Waals surface area contributed by atoms with Crippen LogP contribution in [0.15, 0.2) is 53.6 Å². The minimum absolute atomic E-state index is 0.00338. The van der Waals surface area contributed by atoms with E-state index in [0.717, 1.165) is 10.9 Å². The molecule has 0 fully saturated rings. The quantitative estimate of drug-likeness (QED) is 0.421. The van der Waals surface area contributed by atoms with Gasteiger partial charge in [-0.2, -0.15) is 0 Å². The number of H-pyrrole nitrogens is 2. The molecule has 0 saturated heterocycles. The SMILES string of the molecule is CC(C)(C)c1c[nH]c2cc(NC(=O)c3c[nH]c4cccc(O)c4c3=O)ccc12. The normalized spacial score (nSPS) is 11.8. The van der Waals surface area contributed by atoms with Crippen molar-refractivity contribution in [1.29, 1.82) is 0 Å². The molecule has 6 nitrogen and oxygen atoms in total. The van der Waals surface area contributed by atoms with Gasteiger partial charge in [0.2, 0.25) is 5.43 Å². The molecular formula is C22H21N3O3. The van der Waals surface area contributed by atoms with Gasteiger partial charge in [-0.1, -0.05) is 32.9 Å². The van der Waals surface area contributed by atoms with Gasteiger partial charge in [0.15, 0.2) is 0 Å². The Hall–Kier alpha value is -3.54. The zero-order valence-electron chi connectivity index (χ0n) is 15.9. The van der Waals surface area contributed by atoms with E-state index in [1.54, 1.807) is 12.1 Å². The summed E-state index contributed by atoms with van der Waals surface area (Å²) < 4.78 is 0. The molecule has 4 aromatic rings. The number of phenolic OH excluding ortho intramolecular Hbond substituents is 1. The Morgan fingerprint density at radius 2 is 1.79 bits per heavy atom. The fourth-order valence-corrected chi connectivity index (χ4v) is 3.44. The van der Waals surface area contributed by atoms with E-state index in [1.165, 1.54) is 17.8 Å². The van der Waals surface area contributed by atoms with Crippen LogP contribution in [0.2, 0.25) is 0 Å². The molecular weight excluding hydrogens is 354 g/mol. The zero-order valence-corrected chi connectivity index (χ0v) is 15.9. The maximum Gasteiger partial charge on any atom is 0.261 e. The summed E-state index contributed by atoms with van der Waals surface area (Å²) in [7, 11) is 0. The highest BCUT2D eigenvalue weighted by Gasteiger charge is 2.19. The first-order chi connectivity index (χ1) is 13.3. The average molecular weight is 375 g/mol. The molecule has 0 aliphatic carbocycles.